The van der Waals surface area contributed by atoms with Gasteiger partial charge in [-0.05, 0) is 37.3 Å². The zero-order valence-corrected chi connectivity index (χ0v) is 10.6. The molecule has 0 atom stereocenters. The molecule has 0 unspecified atom stereocenters. The van der Waals surface area contributed by atoms with Gasteiger partial charge in [0.1, 0.15) is 17.6 Å². The first-order chi connectivity index (χ1) is 8.20. The van der Waals surface area contributed by atoms with E-state index in [9.17, 15) is 0 Å². The van der Waals surface area contributed by atoms with E-state index in [4.69, 9.17) is 5.26 Å². The number of anilines is 1. The molecule has 2 rings (SSSR count). The molecule has 1 aliphatic carbocycles. The maximum Gasteiger partial charge on any atom is 0.142 e. The van der Waals surface area contributed by atoms with E-state index in [1.54, 1.807) is 6.07 Å². The van der Waals surface area contributed by atoms with Gasteiger partial charge in [-0.3, -0.25) is 0 Å². The van der Waals surface area contributed by atoms with Crippen LogP contribution in [0.15, 0.2) is 18.2 Å². The zero-order chi connectivity index (χ0) is 12.3. The van der Waals surface area contributed by atoms with E-state index in [0.717, 1.165) is 12.4 Å². The van der Waals surface area contributed by atoms with Crippen molar-refractivity contribution in [3.8, 4) is 6.07 Å². The summed E-state index contributed by atoms with van der Waals surface area (Å²) in [7, 11) is 0. The predicted molar refractivity (Wildman–Crippen MR) is 68.8 cm³/mol. The third kappa shape index (κ3) is 3.20. The lowest BCUT2D eigenvalue weighted by molar-refractivity contribution is 0.568. The zero-order valence-electron chi connectivity index (χ0n) is 10.6. The Hall–Kier alpha value is -1.56. The number of aromatic nitrogens is 1. The summed E-state index contributed by atoms with van der Waals surface area (Å²) in [6, 6.07) is 8.45. The molecule has 0 saturated heterocycles. The van der Waals surface area contributed by atoms with Crippen LogP contribution in [0.2, 0.25) is 0 Å². The second-order valence-corrected chi connectivity index (χ2v) is 5.10. The number of hydrogen-bond acceptors (Lipinski definition) is 3. The Morgan fingerprint density at radius 1 is 1.47 bits per heavy atom. The molecule has 90 valence electrons. The highest BCUT2D eigenvalue weighted by atomic mass is 15.2. The van der Waals surface area contributed by atoms with Gasteiger partial charge in [-0.15, -0.1) is 0 Å². The molecule has 1 heterocycles. The van der Waals surface area contributed by atoms with Crippen LogP contribution >= 0.6 is 0 Å². The van der Waals surface area contributed by atoms with Crippen LogP contribution in [0.4, 0.5) is 5.82 Å². The lowest BCUT2D eigenvalue weighted by Gasteiger charge is -2.24. The minimum Gasteiger partial charge on any atom is -0.354 e. The molecule has 0 amide bonds. The van der Waals surface area contributed by atoms with Crippen molar-refractivity contribution in [2.24, 2.45) is 5.92 Å². The molecule has 0 bridgehead atoms. The summed E-state index contributed by atoms with van der Waals surface area (Å²) in [5.74, 6) is 1.67. The first-order valence-electron chi connectivity index (χ1n) is 6.34. The Bertz CT molecular complexity index is 416. The normalized spacial score (nSPS) is 14.7. The largest absolute Gasteiger partial charge is 0.354 e. The van der Waals surface area contributed by atoms with Crippen LogP contribution < -0.4 is 4.90 Å². The summed E-state index contributed by atoms with van der Waals surface area (Å²) >= 11 is 0. The SMILES string of the molecule is CC(C)CCN(c1cccc(C#N)n1)C1CC1. The van der Waals surface area contributed by atoms with Crippen molar-refractivity contribution < 1.29 is 0 Å². The molecule has 1 aliphatic rings. The first-order valence-corrected chi connectivity index (χ1v) is 6.34. The lowest BCUT2D eigenvalue weighted by Crippen LogP contribution is -2.28. The fraction of sp³-hybridized carbons (Fsp3) is 0.571. The summed E-state index contributed by atoms with van der Waals surface area (Å²) in [5, 5.41) is 8.89. The monoisotopic (exact) mass is 229 g/mol. The van der Waals surface area contributed by atoms with Gasteiger partial charge in [0.05, 0.1) is 0 Å². The number of hydrogen-bond donors (Lipinski definition) is 0. The highest BCUT2D eigenvalue weighted by molar-refractivity contribution is 5.44. The summed E-state index contributed by atoms with van der Waals surface area (Å²) in [4.78, 5) is 6.76. The summed E-state index contributed by atoms with van der Waals surface area (Å²) in [6.45, 7) is 5.53. The van der Waals surface area contributed by atoms with Crippen LogP contribution in [0.1, 0.15) is 38.8 Å². The van der Waals surface area contributed by atoms with Gasteiger partial charge in [-0.1, -0.05) is 19.9 Å². The smallest absolute Gasteiger partial charge is 0.142 e. The molecule has 0 N–H and O–H groups in total. The standard InChI is InChI=1S/C14H19N3/c1-11(2)8-9-17(13-6-7-13)14-5-3-4-12(10-15)16-14/h3-5,11,13H,6-9H2,1-2H3. The van der Waals surface area contributed by atoms with Gasteiger partial charge >= 0.3 is 0 Å². The molecule has 1 aromatic rings. The van der Waals surface area contributed by atoms with Crippen LogP contribution in [0.5, 0.6) is 0 Å². The molecule has 1 saturated carbocycles. The molecule has 3 nitrogen and oxygen atoms in total. The number of nitriles is 1. The molecule has 0 spiro atoms. The lowest BCUT2D eigenvalue weighted by atomic mass is 10.1. The van der Waals surface area contributed by atoms with E-state index in [1.807, 2.05) is 12.1 Å². The molecular formula is C14H19N3. The van der Waals surface area contributed by atoms with Crippen molar-refractivity contribution in [2.75, 3.05) is 11.4 Å². The maximum absolute atomic E-state index is 8.89. The van der Waals surface area contributed by atoms with Crippen LogP contribution in [-0.2, 0) is 0 Å². The molecular weight excluding hydrogens is 210 g/mol. The average molecular weight is 229 g/mol. The van der Waals surface area contributed by atoms with Gasteiger partial charge < -0.3 is 4.90 Å². The van der Waals surface area contributed by atoms with E-state index in [1.165, 1.54) is 19.3 Å². The van der Waals surface area contributed by atoms with E-state index in [-0.39, 0.29) is 0 Å². The quantitative estimate of drug-likeness (QED) is 0.779. The van der Waals surface area contributed by atoms with Crippen LogP contribution in [-0.4, -0.2) is 17.6 Å². The minimum absolute atomic E-state index is 0.512. The first kappa shape index (κ1) is 11.9. The van der Waals surface area contributed by atoms with Crippen LogP contribution in [0.25, 0.3) is 0 Å². The van der Waals surface area contributed by atoms with Crippen molar-refractivity contribution in [2.45, 2.75) is 39.2 Å². The highest BCUT2D eigenvalue weighted by Crippen LogP contribution is 2.31. The van der Waals surface area contributed by atoms with Gasteiger partial charge in [0.15, 0.2) is 0 Å². The number of rotatable bonds is 5. The van der Waals surface area contributed by atoms with Gasteiger partial charge in [-0.2, -0.15) is 5.26 Å². The van der Waals surface area contributed by atoms with E-state index in [2.05, 4.69) is 29.8 Å². The number of nitrogens with zero attached hydrogens (tertiary/aromatic N) is 3. The number of pyridine rings is 1. The third-order valence-electron chi connectivity index (χ3n) is 3.08. The highest BCUT2D eigenvalue weighted by Gasteiger charge is 2.29. The summed E-state index contributed by atoms with van der Waals surface area (Å²) < 4.78 is 0. The Kier molecular flexibility index (Phi) is 3.63. The topological polar surface area (TPSA) is 39.9 Å². The molecule has 0 aromatic carbocycles. The Morgan fingerprint density at radius 3 is 2.82 bits per heavy atom. The fourth-order valence-electron chi connectivity index (χ4n) is 1.91. The molecule has 0 aliphatic heterocycles. The third-order valence-corrected chi connectivity index (χ3v) is 3.08. The molecule has 3 heteroatoms. The summed E-state index contributed by atoms with van der Waals surface area (Å²) in [6.07, 6.45) is 3.70. The maximum atomic E-state index is 8.89. The summed E-state index contributed by atoms with van der Waals surface area (Å²) in [5.41, 5.74) is 0.512. The van der Waals surface area contributed by atoms with Crippen molar-refractivity contribution in [1.82, 2.24) is 4.98 Å². The molecule has 0 radical (unpaired) electrons. The van der Waals surface area contributed by atoms with Crippen molar-refractivity contribution >= 4 is 5.82 Å². The van der Waals surface area contributed by atoms with Crippen molar-refractivity contribution in [3.63, 3.8) is 0 Å². The predicted octanol–water partition coefficient (Wildman–Crippen LogP) is 2.97. The van der Waals surface area contributed by atoms with E-state index < -0.39 is 0 Å². The average Bonchev–Trinajstić information content (AvgIpc) is 3.14. The fourth-order valence-corrected chi connectivity index (χ4v) is 1.91. The van der Waals surface area contributed by atoms with Crippen LogP contribution in [0, 0.1) is 17.2 Å². The second kappa shape index (κ2) is 5.18. The molecule has 1 aromatic heterocycles. The van der Waals surface area contributed by atoms with Crippen LogP contribution in [0.3, 0.4) is 0 Å². The van der Waals surface area contributed by atoms with E-state index in [0.29, 0.717) is 17.7 Å². The Balaban J connectivity index is 2.11. The Labute approximate surface area is 103 Å². The molecule has 1 fully saturated rings. The second-order valence-electron chi connectivity index (χ2n) is 5.10. The van der Waals surface area contributed by atoms with Crippen molar-refractivity contribution in [3.05, 3.63) is 23.9 Å². The Morgan fingerprint density at radius 2 is 2.24 bits per heavy atom. The van der Waals surface area contributed by atoms with E-state index >= 15 is 0 Å². The molecule has 17 heavy (non-hydrogen) atoms. The van der Waals surface area contributed by atoms with Gasteiger partial charge in [0.25, 0.3) is 0 Å². The van der Waals surface area contributed by atoms with Gasteiger partial charge in [0.2, 0.25) is 0 Å². The minimum atomic E-state index is 0.512. The van der Waals surface area contributed by atoms with Crippen molar-refractivity contribution in [1.29, 1.82) is 5.26 Å². The van der Waals surface area contributed by atoms with Gasteiger partial charge in [-0.25, -0.2) is 4.98 Å². The van der Waals surface area contributed by atoms with Gasteiger partial charge in [0, 0.05) is 12.6 Å².